The Morgan fingerprint density at radius 3 is 2.75 bits per heavy atom. The Hall–Kier alpha value is -2.28. The normalized spacial score (nSPS) is 9.31. The van der Waals surface area contributed by atoms with Crippen molar-refractivity contribution in [2.75, 3.05) is 11.9 Å². The zero-order valence-electron chi connectivity index (χ0n) is 9.01. The predicted octanol–water partition coefficient (Wildman–Crippen LogP) is 1.70. The molecule has 0 aliphatic carbocycles. The first-order valence-corrected chi connectivity index (χ1v) is 4.98. The maximum Gasteiger partial charge on any atom is 0.138 e. The first-order valence-electron chi connectivity index (χ1n) is 4.98. The first kappa shape index (κ1) is 10.2. The SMILES string of the molecule is CC#CCNc1ccc(-n2cncn2)cc1. The molecule has 0 atom stereocenters. The van der Waals surface area contributed by atoms with Crippen LogP contribution in [0, 0.1) is 11.8 Å². The lowest BCUT2D eigenvalue weighted by molar-refractivity contribution is 0.879. The number of aromatic nitrogens is 3. The zero-order chi connectivity index (χ0) is 11.2. The average molecular weight is 212 g/mol. The third kappa shape index (κ3) is 2.39. The monoisotopic (exact) mass is 212 g/mol. The van der Waals surface area contributed by atoms with E-state index in [9.17, 15) is 0 Å². The Kier molecular flexibility index (Phi) is 3.19. The van der Waals surface area contributed by atoms with E-state index in [0.717, 1.165) is 11.4 Å². The van der Waals surface area contributed by atoms with Crippen molar-refractivity contribution in [3.05, 3.63) is 36.9 Å². The van der Waals surface area contributed by atoms with Crippen molar-refractivity contribution in [2.45, 2.75) is 6.92 Å². The highest BCUT2D eigenvalue weighted by atomic mass is 15.3. The Morgan fingerprint density at radius 2 is 2.12 bits per heavy atom. The van der Waals surface area contributed by atoms with Crippen LogP contribution in [0.4, 0.5) is 5.69 Å². The van der Waals surface area contributed by atoms with Gasteiger partial charge < -0.3 is 5.32 Å². The second-order valence-electron chi connectivity index (χ2n) is 3.17. The lowest BCUT2D eigenvalue weighted by atomic mass is 10.3. The van der Waals surface area contributed by atoms with E-state index in [1.165, 1.54) is 6.33 Å². The number of nitrogens with one attached hydrogen (secondary N) is 1. The minimum atomic E-state index is 0.666. The molecule has 1 aromatic carbocycles. The van der Waals surface area contributed by atoms with Gasteiger partial charge in [-0.1, -0.05) is 5.92 Å². The molecule has 0 saturated carbocycles. The van der Waals surface area contributed by atoms with E-state index >= 15 is 0 Å². The molecule has 0 saturated heterocycles. The average Bonchev–Trinajstić information content (AvgIpc) is 2.84. The molecule has 0 aliphatic rings. The summed E-state index contributed by atoms with van der Waals surface area (Å²) in [6, 6.07) is 7.95. The molecule has 0 fully saturated rings. The molecule has 1 heterocycles. The van der Waals surface area contributed by atoms with Crippen LogP contribution in [0.5, 0.6) is 0 Å². The molecule has 0 spiro atoms. The summed E-state index contributed by atoms with van der Waals surface area (Å²) in [4.78, 5) is 3.90. The third-order valence-corrected chi connectivity index (χ3v) is 2.11. The van der Waals surface area contributed by atoms with Gasteiger partial charge in [0, 0.05) is 5.69 Å². The van der Waals surface area contributed by atoms with Gasteiger partial charge in [-0.2, -0.15) is 5.10 Å². The molecule has 4 heteroatoms. The predicted molar refractivity (Wildman–Crippen MR) is 63.3 cm³/mol. The molecule has 0 bridgehead atoms. The molecule has 1 aromatic heterocycles. The molecule has 0 radical (unpaired) electrons. The Bertz CT molecular complexity index is 488. The van der Waals surface area contributed by atoms with Crippen molar-refractivity contribution < 1.29 is 0 Å². The summed E-state index contributed by atoms with van der Waals surface area (Å²) in [5, 5.41) is 7.25. The fourth-order valence-corrected chi connectivity index (χ4v) is 1.31. The smallest absolute Gasteiger partial charge is 0.138 e. The molecule has 2 rings (SSSR count). The molecule has 4 nitrogen and oxygen atoms in total. The van der Waals surface area contributed by atoms with Gasteiger partial charge in [0.1, 0.15) is 12.7 Å². The summed E-state index contributed by atoms with van der Waals surface area (Å²) < 4.78 is 1.72. The van der Waals surface area contributed by atoms with E-state index in [-0.39, 0.29) is 0 Å². The quantitative estimate of drug-likeness (QED) is 0.787. The van der Waals surface area contributed by atoms with Crippen LogP contribution in [0.1, 0.15) is 6.92 Å². The highest BCUT2D eigenvalue weighted by Gasteiger charge is 1.96. The van der Waals surface area contributed by atoms with Gasteiger partial charge in [-0.3, -0.25) is 0 Å². The summed E-state index contributed by atoms with van der Waals surface area (Å²) in [7, 11) is 0. The van der Waals surface area contributed by atoms with Crippen molar-refractivity contribution in [3.63, 3.8) is 0 Å². The van der Waals surface area contributed by atoms with Crippen LogP contribution in [0.2, 0.25) is 0 Å². The molecule has 0 amide bonds. The fraction of sp³-hybridized carbons (Fsp3) is 0.167. The lowest BCUT2D eigenvalue weighted by Crippen LogP contribution is -1.99. The van der Waals surface area contributed by atoms with E-state index in [0.29, 0.717) is 6.54 Å². The van der Waals surface area contributed by atoms with Crippen LogP contribution in [0.15, 0.2) is 36.9 Å². The maximum absolute atomic E-state index is 4.05. The van der Waals surface area contributed by atoms with Crippen LogP contribution in [0.25, 0.3) is 5.69 Å². The van der Waals surface area contributed by atoms with Crippen molar-refractivity contribution in [2.24, 2.45) is 0 Å². The second-order valence-corrected chi connectivity index (χ2v) is 3.17. The van der Waals surface area contributed by atoms with Crippen molar-refractivity contribution in [1.29, 1.82) is 0 Å². The second kappa shape index (κ2) is 4.99. The van der Waals surface area contributed by atoms with Crippen LogP contribution in [-0.4, -0.2) is 21.3 Å². The van der Waals surface area contributed by atoms with Gasteiger partial charge in [-0.05, 0) is 31.2 Å². The van der Waals surface area contributed by atoms with E-state index in [4.69, 9.17) is 0 Å². The van der Waals surface area contributed by atoms with Gasteiger partial charge in [0.15, 0.2) is 0 Å². The van der Waals surface area contributed by atoms with Crippen molar-refractivity contribution in [3.8, 4) is 17.5 Å². The lowest BCUT2D eigenvalue weighted by Gasteiger charge is -2.04. The van der Waals surface area contributed by atoms with Crippen molar-refractivity contribution >= 4 is 5.69 Å². The van der Waals surface area contributed by atoms with Gasteiger partial charge in [0.05, 0.1) is 12.2 Å². The van der Waals surface area contributed by atoms with E-state index in [1.807, 2.05) is 31.2 Å². The third-order valence-electron chi connectivity index (χ3n) is 2.11. The Morgan fingerprint density at radius 1 is 1.31 bits per heavy atom. The molecule has 0 unspecified atom stereocenters. The zero-order valence-corrected chi connectivity index (χ0v) is 9.01. The fourth-order valence-electron chi connectivity index (χ4n) is 1.31. The summed E-state index contributed by atoms with van der Waals surface area (Å²) in [6.45, 7) is 2.49. The summed E-state index contributed by atoms with van der Waals surface area (Å²) in [5.41, 5.74) is 2.04. The van der Waals surface area contributed by atoms with E-state index in [2.05, 4.69) is 27.2 Å². The van der Waals surface area contributed by atoms with Crippen LogP contribution >= 0.6 is 0 Å². The van der Waals surface area contributed by atoms with Gasteiger partial charge >= 0.3 is 0 Å². The van der Waals surface area contributed by atoms with Crippen LogP contribution < -0.4 is 5.32 Å². The van der Waals surface area contributed by atoms with Gasteiger partial charge in [0.2, 0.25) is 0 Å². The summed E-state index contributed by atoms with van der Waals surface area (Å²) >= 11 is 0. The van der Waals surface area contributed by atoms with E-state index in [1.54, 1.807) is 11.0 Å². The number of hydrogen-bond donors (Lipinski definition) is 1. The molecule has 16 heavy (non-hydrogen) atoms. The first-order chi connectivity index (χ1) is 7.90. The molecule has 80 valence electrons. The molecular formula is C12H12N4. The Balaban J connectivity index is 2.07. The molecule has 0 aliphatic heterocycles. The van der Waals surface area contributed by atoms with Gasteiger partial charge in [0.25, 0.3) is 0 Å². The van der Waals surface area contributed by atoms with Gasteiger partial charge in [-0.15, -0.1) is 5.92 Å². The minimum absolute atomic E-state index is 0.666. The standard InChI is InChI=1S/C12H12N4/c1-2-3-8-14-11-4-6-12(7-5-11)16-10-13-9-15-16/h4-7,9-10,14H,8H2,1H3. The van der Waals surface area contributed by atoms with Crippen molar-refractivity contribution in [1.82, 2.24) is 14.8 Å². The summed E-state index contributed by atoms with van der Waals surface area (Å²) in [5.74, 6) is 5.79. The number of anilines is 1. The van der Waals surface area contributed by atoms with Gasteiger partial charge in [-0.25, -0.2) is 9.67 Å². The number of nitrogens with zero attached hydrogens (tertiary/aromatic N) is 3. The number of benzene rings is 1. The number of rotatable bonds is 3. The Labute approximate surface area is 94.3 Å². The summed E-state index contributed by atoms with van der Waals surface area (Å²) in [6.07, 6.45) is 3.19. The van der Waals surface area contributed by atoms with Crippen LogP contribution in [-0.2, 0) is 0 Å². The van der Waals surface area contributed by atoms with Crippen LogP contribution in [0.3, 0.4) is 0 Å². The largest absolute Gasteiger partial charge is 0.374 e. The molecular weight excluding hydrogens is 200 g/mol. The number of hydrogen-bond acceptors (Lipinski definition) is 3. The topological polar surface area (TPSA) is 42.7 Å². The maximum atomic E-state index is 4.05. The van der Waals surface area contributed by atoms with E-state index < -0.39 is 0 Å². The minimum Gasteiger partial charge on any atom is -0.374 e. The molecule has 2 aromatic rings. The highest BCUT2D eigenvalue weighted by molar-refractivity contribution is 5.49. The highest BCUT2D eigenvalue weighted by Crippen LogP contribution is 2.11. The molecule has 1 N–H and O–H groups in total.